The standard InChI is InChI=1S/C7H11N3/c1-4-5(2)10-3-6(8)7(4)9/h3H,8H2,1-2H3,(H2,9,10). The molecule has 0 bridgehead atoms. The van der Waals surface area contributed by atoms with E-state index in [2.05, 4.69) is 4.98 Å². The van der Waals surface area contributed by atoms with Crippen molar-refractivity contribution >= 4 is 11.4 Å². The first-order valence-corrected chi connectivity index (χ1v) is 3.10. The number of anilines is 2. The summed E-state index contributed by atoms with van der Waals surface area (Å²) in [5.41, 5.74) is 14.2. The molecule has 0 spiro atoms. The Morgan fingerprint density at radius 1 is 1.30 bits per heavy atom. The van der Waals surface area contributed by atoms with Crippen molar-refractivity contribution in [2.24, 2.45) is 0 Å². The number of nitrogen functional groups attached to an aromatic ring is 2. The monoisotopic (exact) mass is 137 g/mol. The summed E-state index contributed by atoms with van der Waals surface area (Å²) < 4.78 is 0. The van der Waals surface area contributed by atoms with Crippen LogP contribution < -0.4 is 11.5 Å². The molecule has 3 nitrogen and oxygen atoms in total. The molecule has 1 aromatic rings. The quantitative estimate of drug-likeness (QED) is 0.557. The Hall–Kier alpha value is -1.25. The second-order valence-electron chi connectivity index (χ2n) is 2.34. The number of hydrogen-bond donors (Lipinski definition) is 2. The van der Waals surface area contributed by atoms with Crippen LogP contribution in [0.15, 0.2) is 6.20 Å². The summed E-state index contributed by atoms with van der Waals surface area (Å²) in [4.78, 5) is 4.03. The molecule has 0 atom stereocenters. The number of nitrogens with two attached hydrogens (primary N) is 2. The van der Waals surface area contributed by atoms with E-state index in [0.717, 1.165) is 11.3 Å². The van der Waals surface area contributed by atoms with Gasteiger partial charge in [-0.1, -0.05) is 0 Å². The minimum absolute atomic E-state index is 0.558. The van der Waals surface area contributed by atoms with Crippen LogP contribution >= 0.6 is 0 Å². The summed E-state index contributed by atoms with van der Waals surface area (Å²) in [5.74, 6) is 0. The fraction of sp³-hybridized carbons (Fsp3) is 0.286. The molecule has 4 N–H and O–H groups in total. The SMILES string of the molecule is Cc1ncc(N)c(N)c1C. The summed E-state index contributed by atoms with van der Waals surface area (Å²) in [6.45, 7) is 3.82. The highest BCUT2D eigenvalue weighted by atomic mass is 14.8. The van der Waals surface area contributed by atoms with Crippen molar-refractivity contribution in [2.45, 2.75) is 13.8 Å². The van der Waals surface area contributed by atoms with Gasteiger partial charge in [0, 0.05) is 5.69 Å². The molecule has 10 heavy (non-hydrogen) atoms. The Morgan fingerprint density at radius 3 is 2.40 bits per heavy atom. The second kappa shape index (κ2) is 2.17. The normalized spacial score (nSPS) is 9.80. The van der Waals surface area contributed by atoms with Gasteiger partial charge in [0.05, 0.1) is 17.6 Å². The summed E-state index contributed by atoms with van der Waals surface area (Å²) in [7, 11) is 0. The second-order valence-corrected chi connectivity index (χ2v) is 2.34. The lowest BCUT2D eigenvalue weighted by Crippen LogP contribution is -2.00. The molecule has 1 aromatic heterocycles. The lowest BCUT2D eigenvalue weighted by Gasteiger charge is -2.04. The first-order chi connectivity index (χ1) is 4.63. The van der Waals surface area contributed by atoms with Crippen LogP contribution in [0.2, 0.25) is 0 Å². The zero-order valence-electron chi connectivity index (χ0n) is 6.18. The molecule has 0 saturated heterocycles. The molecule has 0 amide bonds. The fourth-order valence-corrected chi connectivity index (χ4v) is 0.744. The van der Waals surface area contributed by atoms with Gasteiger partial charge in [0.2, 0.25) is 0 Å². The Morgan fingerprint density at radius 2 is 1.90 bits per heavy atom. The summed E-state index contributed by atoms with van der Waals surface area (Å²) >= 11 is 0. The van der Waals surface area contributed by atoms with Crippen LogP contribution in [0.25, 0.3) is 0 Å². The summed E-state index contributed by atoms with van der Waals surface area (Å²) in [5, 5.41) is 0. The van der Waals surface area contributed by atoms with Gasteiger partial charge >= 0.3 is 0 Å². The number of pyridine rings is 1. The van der Waals surface area contributed by atoms with E-state index in [1.807, 2.05) is 13.8 Å². The molecule has 0 fully saturated rings. The van der Waals surface area contributed by atoms with Gasteiger partial charge in [0.1, 0.15) is 0 Å². The van der Waals surface area contributed by atoms with Gasteiger partial charge in [0.25, 0.3) is 0 Å². The maximum absolute atomic E-state index is 5.62. The van der Waals surface area contributed by atoms with Crippen molar-refractivity contribution in [1.29, 1.82) is 0 Å². The molecule has 0 unspecified atom stereocenters. The van der Waals surface area contributed by atoms with Crippen LogP contribution in [-0.4, -0.2) is 4.98 Å². The van der Waals surface area contributed by atoms with Gasteiger partial charge in [-0.05, 0) is 19.4 Å². The van der Waals surface area contributed by atoms with Crippen LogP contribution in [0.5, 0.6) is 0 Å². The number of hydrogen-bond acceptors (Lipinski definition) is 3. The number of aryl methyl sites for hydroxylation is 1. The van der Waals surface area contributed by atoms with Gasteiger partial charge in [-0.2, -0.15) is 0 Å². The molecule has 1 rings (SSSR count). The number of nitrogens with zero attached hydrogens (tertiary/aromatic N) is 1. The van der Waals surface area contributed by atoms with Crippen LogP contribution in [-0.2, 0) is 0 Å². The predicted octanol–water partition coefficient (Wildman–Crippen LogP) is 0.863. The highest BCUT2D eigenvalue weighted by Gasteiger charge is 2.00. The molecular formula is C7H11N3. The van der Waals surface area contributed by atoms with E-state index in [1.165, 1.54) is 0 Å². The average Bonchev–Trinajstić information content (AvgIpc) is 1.93. The van der Waals surface area contributed by atoms with E-state index in [9.17, 15) is 0 Å². The van der Waals surface area contributed by atoms with Gasteiger partial charge in [0.15, 0.2) is 0 Å². The van der Waals surface area contributed by atoms with Crippen LogP contribution in [0, 0.1) is 13.8 Å². The molecule has 0 aliphatic heterocycles. The molecule has 1 heterocycles. The minimum atomic E-state index is 0.558. The van der Waals surface area contributed by atoms with Crippen molar-refractivity contribution in [3.8, 4) is 0 Å². The van der Waals surface area contributed by atoms with Crippen molar-refractivity contribution in [3.05, 3.63) is 17.5 Å². The third-order valence-corrected chi connectivity index (χ3v) is 1.65. The molecule has 54 valence electrons. The van der Waals surface area contributed by atoms with Crippen molar-refractivity contribution in [3.63, 3.8) is 0 Å². The first kappa shape index (κ1) is 6.86. The van der Waals surface area contributed by atoms with Crippen molar-refractivity contribution in [2.75, 3.05) is 11.5 Å². The summed E-state index contributed by atoms with van der Waals surface area (Å²) in [6.07, 6.45) is 1.58. The highest BCUT2D eigenvalue weighted by Crippen LogP contribution is 2.19. The van der Waals surface area contributed by atoms with Crippen LogP contribution in [0.3, 0.4) is 0 Å². The summed E-state index contributed by atoms with van der Waals surface area (Å²) in [6, 6.07) is 0. The van der Waals surface area contributed by atoms with E-state index >= 15 is 0 Å². The minimum Gasteiger partial charge on any atom is -0.397 e. The molecule has 0 radical (unpaired) electrons. The Balaban J connectivity index is 3.34. The average molecular weight is 137 g/mol. The Bertz CT molecular complexity index is 228. The first-order valence-electron chi connectivity index (χ1n) is 3.10. The molecule has 0 aromatic carbocycles. The molecule has 0 aliphatic rings. The maximum atomic E-state index is 5.62. The van der Waals surface area contributed by atoms with Gasteiger partial charge in [-0.25, -0.2) is 0 Å². The van der Waals surface area contributed by atoms with E-state index in [1.54, 1.807) is 6.20 Å². The third-order valence-electron chi connectivity index (χ3n) is 1.65. The number of rotatable bonds is 0. The predicted molar refractivity (Wildman–Crippen MR) is 42.5 cm³/mol. The molecule has 0 aliphatic carbocycles. The van der Waals surface area contributed by atoms with Gasteiger partial charge in [-0.3, -0.25) is 4.98 Å². The van der Waals surface area contributed by atoms with Crippen LogP contribution in [0.1, 0.15) is 11.3 Å². The Kier molecular flexibility index (Phi) is 1.49. The zero-order valence-corrected chi connectivity index (χ0v) is 6.18. The lowest BCUT2D eigenvalue weighted by molar-refractivity contribution is 1.16. The largest absolute Gasteiger partial charge is 0.397 e. The van der Waals surface area contributed by atoms with E-state index in [0.29, 0.717) is 11.4 Å². The van der Waals surface area contributed by atoms with Gasteiger partial charge in [-0.15, -0.1) is 0 Å². The topological polar surface area (TPSA) is 64.9 Å². The van der Waals surface area contributed by atoms with E-state index < -0.39 is 0 Å². The van der Waals surface area contributed by atoms with Crippen molar-refractivity contribution < 1.29 is 0 Å². The van der Waals surface area contributed by atoms with Crippen LogP contribution in [0.4, 0.5) is 11.4 Å². The molecular weight excluding hydrogens is 126 g/mol. The van der Waals surface area contributed by atoms with Crippen molar-refractivity contribution in [1.82, 2.24) is 4.98 Å². The van der Waals surface area contributed by atoms with E-state index in [4.69, 9.17) is 11.5 Å². The maximum Gasteiger partial charge on any atom is 0.0737 e. The smallest absolute Gasteiger partial charge is 0.0737 e. The zero-order chi connectivity index (χ0) is 7.72. The van der Waals surface area contributed by atoms with E-state index in [-0.39, 0.29) is 0 Å². The molecule has 0 saturated carbocycles. The van der Waals surface area contributed by atoms with Gasteiger partial charge < -0.3 is 11.5 Å². The molecule has 3 heteroatoms. The highest BCUT2D eigenvalue weighted by molar-refractivity contribution is 5.66. The Labute approximate surface area is 60.1 Å². The number of aromatic nitrogens is 1. The third kappa shape index (κ3) is 0.900. The lowest BCUT2D eigenvalue weighted by atomic mass is 10.2. The fourth-order valence-electron chi connectivity index (χ4n) is 0.744.